The third-order valence-corrected chi connectivity index (χ3v) is 6.73. The molecule has 3 rings (SSSR count). The van der Waals surface area contributed by atoms with Crippen molar-refractivity contribution in [2.45, 2.75) is 24.6 Å². The molecule has 0 unspecified atom stereocenters. The third kappa shape index (κ3) is 5.60. The van der Waals surface area contributed by atoms with Crippen molar-refractivity contribution in [3.05, 3.63) is 59.7 Å². The lowest BCUT2D eigenvalue weighted by Crippen LogP contribution is -2.47. The van der Waals surface area contributed by atoms with Crippen molar-refractivity contribution in [2.75, 3.05) is 26.8 Å². The molecule has 1 saturated heterocycles. The first kappa shape index (κ1) is 22.7. The zero-order valence-electron chi connectivity index (χ0n) is 17.3. The number of benzene rings is 2. The molecule has 31 heavy (non-hydrogen) atoms. The summed E-state index contributed by atoms with van der Waals surface area (Å²) in [6.45, 7) is 2.27. The summed E-state index contributed by atoms with van der Waals surface area (Å²) in [7, 11) is -2.22. The number of amides is 2. The van der Waals surface area contributed by atoms with Gasteiger partial charge in [0.2, 0.25) is 10.0 Å². The van der Waals surface area contributed by atoms with E-state index in [1.165, 1.54) is 16.4 Å². The van der Waals surface area contributed by atoms with E-state index >= 15 is 0 Å². The summed E-state index contributed by atoms with van der Waals surface area (Å²) in [6, 6.07) is 13.6. The molecule has 1 aliphatic heterocycles. The van der Waals surface area contributed by atoms with Crippen LogP contribution in [-0.2, 0) is 30.9 Å². The van der Waals surface area contributed by atoms with Crippen LogP contribution >= 0.6 is 0 Å². The van der Waals surface area contributed by atoms with E-state index in [9.17, 15) is 18.0 Å². The van der Waals surface area contributed by atoms with Crippen molar-refractivity contribution in [2.24, 2.45) is 0 Å². The Hall–Kier alpha value is -2.95. The number of nitrogens with one attached hydrogen (secondary N) is 2. The molecule has 0 saturated carbocycles. The molecule has 9 nitrogen and oxygen atoms in total. The van der Waals surface area contributed by atoms with Gasteiger partial charge in [0, 0.05) is 13.1 Å². The molecule has 0 radical (unpaired) electrons. The molecule has 1 heterocycles. The van der Waals surface area contributed by atoms with Gasteiger partial charge in [0.05, 0.1) is 25.2 Å². The fraction of sp³-hybridized carbons (Fsp3) is 0.333. The molecule has 10 heteroatoms. The molecule has 166 valence electrons. The Bertz CT molecular complexity index is 1020. The molecule has 0 aliphatic carbocycles. The van der Waals surface area contributed by atoms with Crippen LogP contribution in [0.3, 0.4) is 0 Å². The Morgan fingerprint density at radius 1 is 1.06 bits per heavy atom. The summed E-state index contributed by atoms with van der Waals surface area (Å²) in [5, 5.41) is 4.96. The Morgan fingerprint density at radius 2 is 1.71 bits per heavy atom. The van der Waals surface area contributed by atoms with Crippen molar-refractivity contribution in [3.63, 3.8) is 0 Å². The van der Waals surface area contributed by atoms with Crippen molar-refractivity contribution in [3.8, 4) is 5.75 Å². The van der Waals surface area contributed by atoms with E-state index in [2.05, 4.69) is 10.6 Å². The quantitative estimate of drug-likeness (QED) is 0.607. The molecule has 2 aromatic carbocycles. The zero-order chi connectivity index (χ0) is 22.4. The van der Waals surface area contributed by atoms with Crippen LogP contribution < -0.4 is 15.4 Å². The highest BCUT2D eigenvalue weighted by Gasteiger charge is 2.36. The van der Waals surface area contributed by atoms with Gasteiger partial charge in [0.25, 0.3) is 0 Å². The number of aryl methyl sites for hydroxylation is 1. The zero-order valence-corrected chi connectivity index (χ0v) is 18.1. The number of hydrogen-bond donors (Lipinski definition) is 2. The minimum atomic E-state index is -3.78. The van der Waals surface area contributed by atoms with E-state index in [0.717, 1.165) is 11.1 Å². The molecule has 1 atom stereocenters. The van der Waals surface area contributed by atoms with Gasteiger partial charge in [-0.3, -0.25) is 9.59 Å². The standard InChI is InChI=1S/C21H25N3O6S/c1-15-3-9-18(10-4-15)31(27,28)24-11-12-30-19(24)14-23-21(26)20(25)22-13-16-5-7-17(29-2)8-6-16/h3-10,19H,11-14H2,1-2H3,(H,22,25)(H,23,26)/t19-/m0/s1. The van der Waals surface area contributed by atoms with Crippen LogP contribution in [0.5, 0.6) is 5.75 Å². The second-order valence-electron chi connectivity index (χ2n) is 7.00. The van der Waals surface area contributed by atoms with Gasteiger partial charge in [0.1, 0.15) is 12.0 Å². The first-order valence-electron chi connectivity index (χ1n) is 9.70. The van der Waals surface area contributed by atoms with Gasteiger partial charge in [-0.05, 0) is 36.8 Å². The summed E-state index contributed by atoms with van der Waals surface area (Å²) < 4.78 is 37.5. The van der Waals surface area contributed by atoms with Gasteiger partial charge in [-0.25, -0.2) is 8.42 Å². The predicted octanol–water partition coefficient (Wildman–Crippen LogP) is 0.783. The molecule has 2 N–H and O–H groups in total. The van der Waals surface area contributed by atoms with E-state index in [4.69, 9.17) is 9.47 Å². The first-order chi connectivity index (χ1) is 14.8. The fourth-order valence-electron chi connectivity index (χ4n) is 3.05. The van der Waals surface area contributed by atoms with Crippen molar-refractivity contribution >= 4 is 21.8 Å². The second-order valence-corrected chi connectivity index (χ2v) is 8.89. The minimum absolute atomic E-state index is 0.139. The fourth-order valence-corrected chi connectivity index (χ4v) is 4.56. The lowest BCUT2D eigenvalue weighted by Gasteiger charge is -2.22. The molecule has 2 aromatic rings. The second kappa shape index (κ2) is 9.90. The summed E-state index contributed by atoms with van der Waals surface area (Å²) in [5.41, 5.74) is 1.75. The van der Waals surface area contributed by atoms with Gasteiger partial charge in [-0.1, -0.05) is 29.8 Å². The number of rotatable bonds is 7. The highest BCUT2D eigenvalue weighted by atomic mass is 32.2. The molecule has 2 amide bonds. The van der Waals surface area contributed by atoms with Crippen LogP contribution in [0.2, 0.25) is 0 Å². The molecule has 1 aliphatic rings. The van der Waals surface area contributed by atoms with E-state index in [-0.39, 0.29) is 31.1 Å². The summed E-state index contributed by atoms with van der Waals surface area (Å²) in [4.78, 5) is 24.3. The Morgan fingerprint density at radius 3 is 2.35 bits per heavy atom. The van der Waals surface area contributed by atoms with Crippen LogP contribution in [0.25, 0.3) is 0 Å². The highest BCUT2D eigenvalue weighted by molar-refractivity contribution is 7.89. The predicted molar refractivity (Wildman–Crippen MR) is 113 cm³/mol. The number of nitrogens with zero attached hydrogens (tertiary/aromatic N) is 1. The number of carbonyl (C=O) groups excluding carboxylic acids is 2. The number of sulfonamides is 1. The van der Waals surface area contributed by atoms with Crippen LogP contribution in [0.4, 0.5) is 0 Å². The third-order valence-electron chi connectivity index (χ3n) is 4.83. The average Bonchev–Trinajstić information content (AvgIpc) is 3.26. The lowest BCUT2D eigenvalue weighted by molar-refractivity contribution is -0.139. The van der Waals surface area contributed by atoms with E-state index < -0.39 is 28.1 Å². The number of carbonyl (C=O) groups is 2. The SMILES string of the molecule is COc1ccc(CNC(=O)C(=O)NC[C@@H]2OCCN2S(=O)(=O)c2ccc(C)cc2)cc1. The summed E-state index contributed by atoms with van der Waals surface area (Å²) >= 11 is 0. The maximum Gasteiger partial charge on any atom is 0.309 e. The average molecular weight is 448 g/mol. The van der Waals surface area contributed by atoms with Crippen molar-refractivity contribution < 1.29 is 27.5 Å². The minimum Gasteiger partial charge on any atom is -0.497 e. The Balaban J connectivity index is 1.53. The first-order valence-corrected chi connectivity index (χ1v) is 11.1. The Kier molecular flexibility index (Phi) is 7.26. The summed E-state index contributed by atoms with van der Waals surface area (Å²) in [5.74, 6) is -0.993. The van der Waals surface area contributed by atoms with Gasteiger partial charge < -0.3 is 20.1 Å². The monoisotopic (exact) mass is 447 g/mol. The molecule has 0 spiro atoms. The van der Waals surface area contributed by atoms with Crippen LogP contribution in [0.1, 0.15) is 11.1 Å². The van der Waals surface area contributed by atoms with Gasteiger partial charge in [-0.2, -0.15) is 4.31 Å². The maximum absolute atomic E-state index is 12.9. The Labute approximate surface area is 181 Å². The smallest absolute Gasteiger partial charge is 0.309 e. The van der Waals surface area contributed by atoms with E-state index in [1.54, 1.807) is 43.5 Å². The topological polar surface area (TPSA) is 114 Å². The molecular formula is C21H25N3O6S. The van der Waals surface area contributed by atoms with Crippen molar-refractivity contribution in [1.82, 2.24) is 14.9 Å². The van der Waals surface area contributed by atoms with Crippen molar-refractivity contribution in [1.29, 1.82) is 0 Å². The molecule has 1 fully saturated rings. The van der Waals surface area contributed by atoms with Crippen LogP contribution in [-0.4, -0.2) is 57.6 Å². The van der Waals surface area contributed by atoms with E-state index in [1.807, 2.05) is 6.92 Å². The molecular weight excluding hydrogens is 422 g/mol. The maximum atomic E-state index is 12.9. The summed E-state index contributed by atoms with van der Waals surface area (Å²) in [6.07, 6.45) is -0.885. The van der Waals surface area contributed by atoms with Gasteiger partial charge in [-0.15, -0.1) is 0 Å². The number of hydrogen-bond acceptors (Lipinski definition) is 6. The molecule has 0 aromatic heterocycles. The molecule has 0 bridgehead atoms. The number of methoxy groups -OCH3 is 1. The van der Waals surface area contributed by atoms with E-state index in [0.29, 0.717) is 5.75 Å². The highest BCUT2D eigenvalue weighted by Crippen LogP contribution is 2.22. The van der Waals surface area contributed by atoms with Gasteiger partial charge >= 0.3 is 11.8 Å². The number of ether oxygens (including phenoxy) is 2. The lowest BCUT2D eigenvalue weighted by atomic mass is 10.2. The van der Waals surface area contributed by atoms with Gasteiger partial charge in [0.15, 0.2) is 0 Å². The normalized spacial score (nSPS) is 16.6. The van der Waals surface area contributed by atoms with Crippen LogP contribution in [0, 0.1) is 6.92 Å². The largest absolute Gasteiger partial charge is 0.497 e. The van der Waals surface area contributed by atoms with Crippen LogP contribution in [0.15, 0.2) is 53.4 Å².